The van der Waals surface area contributed by atoms with Crippen molar-refractivity contribution in [2.24, 2.45) is 0 Å². The van der Waals surface area contributed by atoms with Gasteiger partial charge in [-0.2, -0.15) is 0 Å². The van der Waals surface area contributed by atoms with Crippen LogP contribution in [0.2, 0.25) is 0 Å². The highest BCUT2D eigenvalue weighted by atomic mass is 19.1. The minimum atomic E-state index is -0.357. The van der Waals surface area contributed by atoms with E-state index in [0.717, 1.165) is 25.7 Å². The molecule has 4 heteroatoms. The number of rotatable bonds is 6. The molecule has 0 aliphatic heterocycles. The fourth-order valence-electron chi connectivity index (χ4n) is 2.06. The molecule has 1 saturated carbocycles. The lowest BCUT2D eigenvalue weighted by atomic mass is 10.2. The van der Waals surface area contributed by atoms with Crippen molar-refractivity contribution in [3.8, 4) is 0 Å². The fourth-order valence-corrected chi connectivity index (χ4v) is 2.06. The third-order valence-electron chi connectivity index (χ3n) is 3.24. The number of hydrogen-bond donors (Lipinski definition) is 2. The van der Waals surface area contributed by atoms with E-state index in [0.29, 0.717) is 5.69 Å². The van der Waals surface area contributed by atoms with E-state index in [9.17, 15) is 4.39 Å². The zero-order chi connectivity index (χ0) is 12.3. The first-order chi connectivity index (χ1) is 8.22. The molecule has 1 aliphatic carbocycles. The molecule has 0 spiro atoms. The van der Waals surface area contributed by atoms with E-state index in [4.69, 9.17) is 5.73 Å². The number of anilines is 2. The Bertz CT molecular complexity index is 377. The largest absolute Gasteiger partial charge is 0.395 e. The smallest absolute Gasteiger partial charge is 0.148 e. The molecule has 0 heterocycles. The number of hydrogen-bond acceptors (Lipinski definition) is 3. The summed E-state index contributed by atoms with van der Waals surface area (Å²) in [6.07, 6.45) is 2.63. The molecule has 1 aromatic carbocycles. The van der Waals surface area contributed by atoms with Crippen LogP contribution in [0.4, 0.5) is 15.8 Å². The minimum absolute atomic E-state index is 0.210. The van der Waals surface area contributed by atoms with Crippen molar-refractivity contribution >= 4 is 11.4 Å². The van der Waals surface area contributed by atoms with Crippen LogP contribution in [0, 0.1) is 5.82 Å². The second kappa shape index (κ2) is 5.36. The normalized spacial score (nSPS) is 15.2. The molecule has 94 valence electrons. The van der Waals surface area contributed by atoms with Crippen molar-refractivity contribution in [1.29, 1.82) is 0 Å². The van der Waals surface area contributed by atoms with Crippen LogP contribution in [0.15, 0.2) is 18.2 Å². The third kappa shape index (κ3) is 3.09. The molecule has 0 atom stereocenters. The Morgan fingerprint density at radius 3 is 2.88 bits per heavy atom. The Morgan fingerprint density at radius 1 is 1.47 bits per heavy atom. The Labute approximate surface area is 102 Å². The average Bonchev–Trinajstić information content (AvgIpc) is 3.14. The number of benzene rings is 1. The van der Waals surface area contributed by atoms with E-state index in [1.807, 2.05) is 6.07 Å². The van der Waals surface area contributed by atoms with Gasteiger partial charge >= 0.3 is 0 Å². The van der Waals surface area contributed by atoms with Crippen LogP contribution < -0.4 is 11.1 Å². The van der Waals surface area contributed by atoms with Gasteiger partial charge in [0.2, 0.25) is 0 Å². The van der Waals surface area contributed by atoms with Gasteiger partial charge in [0.25, 0.3) is 0 Å². The maximum absolute atomic E-state index is 13.2. The number of likely N-dealkylation sites (N-methyl/N-ethyl adjacent to an activating group) is 1. The molecule has 17 heavy (non-hydrogen) atoms. The van der Waals surface area contributed by atoms with Crippen molar-refractivity contribution in [2.45, 2.75) is 25.8 Å². The molecule has 0 amide bonds. The molecule has 0 radical (unpaired) electrons. The van der Waals surface area contributed by atoms with E-state index in [1.165, 1.54) is 18.9 Å². The summed E-state index contributed by atoms with van der Waals surface area (Å²) < 4.78 is 13.2. The monoisotopic (exact) mass is 237 g/mol. The van der Waals surface area contributed by atoms with E-state index in [-0.39, 0.29) is 11.5 Å². The van der Waals surface area contributed by atoms with Crippen molar-refractivity contribution in [3.63, 3.8) is 0 Å². The van der Waals surface area contributed by atoms with Gasteiger partial charge in [0.05, 0.1) is 11.4 Å². The molecule has 0 aromatic heterocycles. The molecule has 3 nitrogen and oxygen atoms in total. The summed E-state index contributed by atoms with van der Waals surface area (Å²) in [5, 5.41) is 3.19. The molecule has 1 aliphatic rings. The van der Waals surface area contributed by atoms with Crippen LogP contribution >= 0.6 is 0 Å². The summed E-state index contributed by atoms with van der Waals surface area (Å²) in [5.41, 5.74) is 6.55. The predicted octanol–water partition coefficient (Wildman–Crippen LogP) is 2.30. The SMILES string of the molecule is CCN(CCNc1cccc(F)c1N)C1CC1. The Hall–Kier alpha value is -1.29. The quantitative estimate of drug-likeness (QED) is 0.746. The summed E-state index contributed by atoms with van der Waals surface area (Å²) in [4.78, 5) is 2.45. The van der Waals surface area contributed by atoms with Gasteiger partial charge in [-0.3, -0.25) is 4.90 Å². The van der Waals surface area contributed by atoms with Gasteiger partial charge in [-0.05, 0) is 31.5 Å². The zero-order valence-corrected chi connectivity index (χ0v) is 10.2. The van der Waals surface area contributed by atoms with E-state index < -0.39 is 0 Å². The Kier molecular flexibility index (Phi) is 3.84. The van der Waals surface area contributed by atoms with Crippen molar-refractivity contribution < 1.29 is 4.39 Å². The molecular formula is C13H20FN3. The summed E-state index contributed by atoms with van der Waals surface area (Å²) in [5.74, 6) is -0.357. The lowest BCUT2D eigenvalue weighted by molar-refractivity contribution is 0.289. The van der Waals surface area contributed by atoms with E-state index >= 15 is 0 Å². The number of nitrogens with two attached hydrogens (primary N) is 1. The van der Waals surface area contributed by atoms with Crippen LogP contribution in [0.5, 0.6) is 0 Å². The van der Waals surface area contributed by atoms with Crippen molar-refractivity contribution in [2.75, 3.05) is 30.7 Å². The standard InChI is InChI=1S/C13H20FN3/c1-2-17(10-6-7-10)9-8-16-12-5-3-4-11(14)13(12)15/h3-5,10,16H,2,6-9,15H2,1H3. The lowest BCUT2D eigenvalue weighted by Gasteiger charge is -2.20. The first-order valence-electron chi connectivity index (χ1n) is 6.24. The predicted molar refractivity (Wildman–Crippen MR) is 69.6 cm³/mol. The molecule has 1 aromatic rings. The highest BCUT2D eigenvalue weighted by Gasteiger charge is 2.27. The summed E-state index contributed by atoms with van der Waals surface area (Å²) in [6.45, 7) is 5.04. The highest BCUT2D eigenvalue weighted by molar-refractivity contribution is 5.66. The summed E-state index contributed by atoms with van der Waals surface area (Å²) in [7, 11) is 0. The van der Waals surface area contributed by atoms with Gasteiger partial charge in [0.1, 0.15) is 5.82 Å². The van der Waals surface area contributed by atoms with E-state index in [2.05, 4.69) is 17.1 Å². The number of nitrogens with zero attached hydrogens (tertiary/aromatic N) is 1. The average molecular weight is 237 g/mol. The minimum Gasteiger partial charge on any atom is -0.395 e. The molecule has 2 rings (SSSR count). The van der Waals surface area contributed by atoms with Gasteiger partial charge in [-0.25, -0.2) is 4.39 Å². The lowest BCUT2D eigenvalue weighted by Crippen LogP contribution is -2.31. The zero-order valence-electron chi connectivity index (χ0n) is 10.2. The van der Waals surface area contributed by atoms with Gasteiger partial charge < -0.3 is 11.1 Å². The summed E-state index contributed by atoms with van der Waals surface area (Å²) in [6, 6.07) is 5.63. The van der Waals surface area contributed by atoms with Crippen molar-refractivity contribution in [1.82, 2.24) is 4.90 Å². The maximum atomic E-state index is 13.2. The second-order valence-corrected chi connectivity index (χ2v) is 4.49. The molecule has 3 N–H and O–H groups in total. The summed E-state index contributed by atoms with van der Waals surface area (Å²) >= 11 is 0. The molecule has 0 bridgehead atoms. The Balaban J connectivity index is 1.83. The maximum Gasteiger partial charge on any atom is 0.148 e. The van der Waals surface area contributed by atoms with Crippen molar-refractivity contribution in [3.05, 3.63) is 24.0 Å². The first-order valence-corrected chi connectivity index (χ1v) is 6.24. The van der Waals surface area contributed by atoms with Crippen LogP contribution in [0.25, 0.3) is 0 Å². The fraction of sp³-hybridized carbons (Fsp3) is 0.538. The van der Waals surface area contributed by atoms with Gasteiger partial charge in [-0.15, -0.1) is 0 Å². The van der Waals surface area contributed by atoms with Crippen LogP contribution in [0.1, 0.15) is 19.8 Å². The Morgan fingerprint density at radius 2 is 2.24 bits per heavy atom. The molecule has 0 saturated heterocycles. The van der Waals surface area contributed by atoms with Crippen LogP contribution in [-0.2, 0) is 0 Å². The number of halogens is 1. The van der Waals surface area contributed by atoms with Gasteiger partial charge in [0.15, 0.2) is 0 Å². The number of nitrogen functional groups attached to an aromatic ring is 1. The van der Waals surface area contributed by atoms with Crippen LogP contribution in [-0.4, -0.2) is 30.6 Å². The molecular weight excluding hydrogens is 217 g/mol. The number of nitrogens with one attached hydrogen (secondary N) is 1. The molecule has 1 fully saturated rings. The third-order valence-corrected chi connectivity index (χ3v) is 3.24. The molecule has 0 unspecified atom stereocenters. The highest BCUT2D eigenvalue weighted by Crippen LogP contribution is 2.26. The first kappa shape index (κ1) is 12.2. The second-order valence-electron chi connectivity index (χ2n) is 4.49. The van der Waals surface area contributed by atoms with Gasteiger partial charge in [0, 0.05) is 19.1 Å². The van der Waals surface area contributed by atoms with E-state index in [1.54, 1.807) is 6.07 Å². The van der Waals surface area contributed by atoms with Gasteiger partial charge in [-0.1, -0.05) is 13.0 Å². The van der Waals surface area contributed by atoms with Crippen LogP contribution in [0.3, 0.4) is 0 Å². The topological polar surface area (TPSA) is 41.3 Å². The number of para-hydroxylation sites is 1.